The van der Waals surface area contributed by atoms with E-state index in [2.05, 4.69) is 34.5 Å². The summed E-state index contributed by atoms with van der Waals surface area (Å²) in [7, 11) is 1.72. The zero-order valence-electron chi connectivity index (χ0n) is 12.3. The number of nitrogens with one attached hydrogen (secondary N) is 1. The number of methoxy groups -OCH3 is 1. The third-order valence-corrected chi connectivity index (χ3v) is 4.00. The van der Waals surface area contributed by atoms with Crippen LogP contribution in [-0.4, -0.2) is 45.1 Å². The molecule has 0 spiro atoms. The number of nitrogens with zero attached hydrogens (tertiary/aromatic N) is 1. The van der Waals surface area contributed by atoms with Crippen LogP contribution in [0.5, 0.6) is 0 Å². The normalized spacial score (nSPS) is 16.6. The Hall–Kier alpha value is -1.10. The molecule has 4 nitrogen and oxygen atoms in total. The van der Waals surface area contributed by atoms with Crippen LogP contribution in [0.2, 0.25) is 0 Å². The number of para-hydroxylation sites is 1. The van der Waals surface area contributed by atoms with Crippen LogP contribution < -0.4 is 10.2 Å². The Labute approximate surface area is 121 Å². The minimum Gasteiger partial charge on any atom is -0.396 e. The van der Waals surface area contributed by atoms with E-state index in [0.717, 1.165) is 45.6 Å². The Morgan fingerprint density at radius 1 is 1.30 bits per heavy atom. The molecule has 1 aliphatic heterocycles. The topological polar surface area (TPSA) is 44.7 Å². The second-order valence-electron chi connectivity index (χ2n) is 5.41. The molecule has 0 saturated carbocycles. The van der Waals surface area contributed by atoms with Crippen LogP contribution >= 0.6 is 0 Å². The van der Waals surface area contributed by atoms with E-state index in [1.807, 2.05) is 0 Å². The van der Waals surface area contributed by atoms with E-state index < -0.39 is 0 Å². The van der Waals surface area contributed by atoms with Crippen molar-refractivity contribution in [2.75, 3.05) is 44.9 Å². The van der Waals surface area contributed by atoms with Crippen molar-refractivity contribution in [1.29, 1.82) is 0 Å². The lowest BCUT2D eigenvalue weighted by atomic mass is 9.97. The Balaban J connectivity index is 1.93. The van der Waals surface area contributed by atoms with Crippen molar-refractivity contribution < 1.29 is 9.84 Å². The van der Waals surface area contributed by atoms with Crippen LogP contribution in [0, 0.1) is 5.92 Å². The van der Waals surface area contributed by atoms with Crippen molar-refractivity contribution in [3.05, 3.63) is 29.8 Å². The van der Waals surface area contributed by atoms with Crippen LogP contribution in [0.1, 0.15) is 18.4 Å². The summed E-state index contributed by atoms with van der Waals surface area (Å²) in [6, 6.07) is 8.59. The zero-order chi connectivity index (χ0) is 14.2. The fourth-order valence-electron chi connectivity index (χ4n) is 2.72. The monoisotopic (exact) mass is 278 g/mol. The highest BCUT2D eigenvalue weighted by atomic mass is 16.5. The molecule has 2 rings (SSSR count). The standard InChI is InChI=1S/C16H26N2O2/c1-20-11-8-17-12-15-4-2-3-5-16(15)18-9-6-14(13-19)7-10-18/h2-5,14,17,19H,6-13H2,1H3. The Morgan fingerprint density at radius 3 is 2.75 bits per heavy atom. The predicted molar refractivity (Wildman–Crippen MR) is 82.0 cm³/mol. The summed E-state index contributed by atoms with van der Waals surface area (Å²) in [5, 5.41) is 12.6. The Morgan fingerprint density at radius 2 is 2.05 bits per heavy atom. The van der Waals surface area contributed by atoms with Crippen LogP contribution in [0.3, 0.4) is 0 Å². The molecule has 0 aliphatic carbocycles. The molecule has 1 aliphatic rings. The second-order valence-corrected chi connectivity index (χ2v) is 5.41. The summed E-state index contributed by atoms with van der Waals surface area (Å²) in [4.78, 5) is 2.44. The molecule has 20 heavy (non-hydrogen) atoms. The number of hydrogen-bond donors (Lipinski definition) is 2. The molecule has 112 valence electrons. The molecular weight excluding hydrogens is 252 g/mol. The molecule has 1 aromatic carbocycles. The van der Waals surface area contributed by atoms with Crippen molar-refractivity contribution in [3.63, 3.8) is 0 Å². The van der Waals surface area contributed by atoms with E-state index >= 15 is 0 Å². The average Bonchev–Trinajstić information content (AvgIpc) is 2.52. The van der Waals surface area contributed by atoms with Gasteiger partial charge in [-0.1, -0.05) is 18.2 Å². The van der Waals surface area contributed by atoms with Gasteiger partial charge in [0.15, 0.2) is 0 Å². The van der Waals surface area contributed by atoms with Gasteiger partial charge >= 0.3 is 0 Å². The molecule has 1 aromatic rings. The van der Waals surface area contributed by atoms with Crippen LogP contribution in [-0.2, 0) is 11.3 Å². The predicted octanol–water partition coefficient (Wildman–Crippen LogP) is 1.63. The maximum atomic E-state index is 9.23. The number of rotatable bonds is 7. The zero-order valence-corrected chi connectivity index (χ0v) is 12.3. The van der Waals surface area contributed by atoms with Crippen LogP contribution in [0.4, 0.5) is 5.69 Å². The first-order valence-electron chi connectivity index (χ1n) is 7.48. The van der Waals surface area contributed by atoms with E-state index in [0.29, 0.717) is 12.5 Å². The Kier molecular flexibility index (Phi) is 6.30. The van der Waals surface area contributed by atoms with Gasteiger partial charge in [0.05, 0.1) is 6.61 Å². The third-order valence-electron chi connectivity index (χ3n) is 4.00. The summed E-state index contributed by atoms with van der Waals surface area (Å²) in [6.07, 6.45) is 2.17. The molecule has 0 atom stereocenters. The van der Waals surface area contributed by atoms with Crippen LogP contribution in [0.25, 0.3) is 0 Å². The molecule has 0 bridgehead atoms. The van der Waals surface area contributed by atoms with Gasteiger partial charge in [-0.15, -0.1) is 0 Å². The minimum absolute atomic E-state index is 0.327. The van der Waals surface area contributed by atoms with Gasteiger partial charge in [-0.2, -0.15) is 0 Å². The maximum absolute atomic E-state index is 9.23. The minimum atomic E-state index is 0.327. The first-order valence-corrected chi connectivity index (χ1v) is 7.48. The summed E-state index contributed by atoms with van der Waals surface area (Å²) < 4.78 is 5.05. The van der Waals surface area contributed by atoms with Crippen molar-refractivity contribution in [1.82, 2.24) is 5.32 Å². The molecule has 2 N–H and O–H groups in total. The third kappa shape index (κ3) is 4.20. The SMILES string of the molecule is COCCNCc1ccccc1N1CCC(CO)CC1. The quantitative estimate of drug-likeness (QED) is 0.744. The van der Waals surface area contributed by atoms with Gasteiger partial charge in [0.2, 0.25) is 0 Å². The molecule has 1 fully saturated rings. The van der Waals surface area contributed by atoms with Crippen molar-refractivity contribution in [3.8, 4) is 0 Å². The van der Waals surface area contributed by atoms with Gasteiger partial charge in [-0.05, 0) is 30.4 Å². The highest BCUT2D eigenvalue weighted by molar-refractivity contribution is 5.53. The molecule has 4 heteroatoms. The van der Waals surface area contributed by atoms with Crippen molar-refractivity contribution in [2.45, 2.75) is 19.4 Å². The van der Waals surface area contributed by atoms with Gasteiger partial charge < -0.3 is 20.1 Å². The van der Waals surface area contributed by atoms with Crippen molar-refractivity contribution >= 4 is 5.69 Å². The van der Waals surface area contributed by atoms with E-state index in [1.165, 1.54) is 11.3 Å². The van der Waals surface area contributed by atoms with E-state index in [4.69, 9.17) is 4.74 Å². The van der Waals surface area contributed by atoms with E-state index in [9.17, 15) is 5.11 Å². The smallest absolute Gasteiger partial charge is 0.0587 e. The molecule has 0 aromatic heterocycles. The van der Waals surface area contributed by atoms with Crippen molar-refractivity contribution in [2.24, 2.45) is 5.92 Å². The highest BCUT2D eigenvalue weighted by Crippen LogP contribution is 2.26. The fourth-order valence-corrected chi connectivity index (χ4v) is 2.72. The van der Waals surface area contributed by atoms with Gasteiger partial charge in [0.1, 0.15) is 0 Å². The lowest BCUT2D eigenvalue weighted by Gasteiger charge is -2.34. The number of benzene rings is 1. The largest absolute Gasteiger partial charge is 0.396 e. The lowest BCUT2D eigenvalue weighted by molar-refractivity contribution is 0.199. The number of aliphatic hydroxyl groups excluding tert-OH is 1. The number of aliphatic hydroxyl groups is 1. The van der Waals surface area contributed by atoms with Gasteiger partial charge in [0.25, 0.3) is 0 Å². The second kappa shape index (κ2) is 8.25. The first-order chi connectivity index (χ1) is 9.85. The lowest BCUT2D eigenvalue weighted by Crippen LogP contribution is -2.35. The Bertz CT molecular complexity index is 390. The molecule has 0 radical (unpaired) electrons. The van der Waals surface area contributed by atoms with Crippen LogP contribution in [0.15, 0.2) is 24.3 Å². The van der Waals surface area contributed by atoms with Gasteiger partial charge in [0, 0.05) is 45.6 Å². The fraction of sp³-hybridized carbons (Fsp3) is 0.625. The van der Waals surface area contributed by atoms with E-state index in [-0.39, 0.29) is 0 Å². The van der Waals surface area contributed by atoms with Gasteiger partial charge in [-0.25, -0.2) is 0 Å². The molecule has 1 heterocycles. The average molecular weight is 278 g/mol. The number of piperidine rings is 1. The number of ether oxygens (including phenoxy) is 1. The number of hydrogen-bond acceptors (Lipinski definition) is 4. The maximum Gasteiger partial charge on any atom is 0.0587 e. The first kappa shape index (κ1) is 15.3. The molecule has 1 saturated heterocycles. The summed E-state index contributed by atoms with van der Waals surface area (Å²) in [5.41, 5.74) is 2.67. The molecular formula is C16H26N2O2. The molecule has 0 unspecified atom stereocenters. The summed E-state index contributed by atoms with van der Waals surface area (Å²) >= 11 is 0. The van der Waals surface area contributed by atoms with E-state index in [1.54, 1.807) is 7.11 Å². The number of anilines is 1. The molecule has 0 amide bonds. The highest BCUT2D eigenvalue weighted by Gasteiger charge is 2.19. The summed E-state index contributed by atoms with van der Waals surface area (Å²) in [6.45, 7) is 4.90. The summed E-state index contributed by atoms with van der Waals surface area (Å²) in [5.74, 6) is 0.484. The van der Waals surface area contributed by atoms with Gasteiger partial charge in [-0.3, -0.25) is 0 Å².